The van der Waals surface area contributed by atoms with E-state index in [0.717, 1.165) is 5.75 Å². The number of ether oxygens (including phenoxy) is 1. The average molecular weight is 399 g/mol. The zero-order valence-electron chi connectivity index (χ0n) is 20.4. The number of allylic oxidation sites excluding steroid dienone is 4. The second-order valence-corrected chi connectivity index (χ2v) is 17.0. The summed E-state index contributed by atoms with van der Waals surface area (Å²) < 4.78 is 6.14. The maximum atomic E-state index is 6.14. The Bertz CT molecular complexity index is 795. The molecule has 0 aromatic heterocycles. The van der Waals surface area contributed by atoms with Crippen LogP contribution >= 0.6 is 0 Å². The second-order valence-electron chi connectivity index (χ2n) is 11.7. The van der Waals surface area contributed by atoms with Crippen LogP contribution in [0.25, 0.3) is 0 Å². The van der Waals surface area contributed by atoms with Crippen LogP contribution in [0.15, 0.2) is 35.9 Å². The molecule has 1 aliphatic carbocycles. The molecule has 2 rings (SSSR count). The topological polar surface area (TPSA) is 9.23 Å². The van der Waals surface area contributed by atoms with Crippen molar-refractivity contribution in [2.75, 3.05) is 7.11 Å². The largest absolute Gasteiger partial charge is 0.497 e. The predicted molar refractivity (Wildman–Crippen MR) is 128 cm³/mol. The van der Waals surface area contributed by atoms with E-state index in [2.05, 4.69) is 106 Å². The van der Waals surface area contributed by atoms with E-state index in [0.29, 0.717) is 5.92 Å². The Labute approximate surface area is 175 Å². The van der Waals surface area contributed by atoms with E-state index >= 15 is 0 Å². The number of rotatable bonds is 4. The summed E-state index contributed by atoms with van der Waals surface area (Å²) in [6, 6.07) is 4.74. The summed E-state index contributed by atoms with van der Waals surface area (Å²) in [7, 11) is 0.120. The van der Waals surface area contributed by atoms with Crippen molar-refractivity contribution < 1.29 is 4.74 Å². The van der Waals surface area contributed by atoms with Crippen molar-refractivity contribution in [2.45, 2.75) is 85.9 Å². The molecule has 1 aromatic carbocycles. The van der Waals surface area contributed by atoms with Gasteiger partial charge in [-0.15, -0.1) is 0 Å². The van der Waals surface area contributed by atoms with Crippen molar-refractivity contribution in [3.63, 3.8) is 0 Å². The van der Waals surface area contributed by atoms with Crippen LogP contribution in [0.2, 0.25) is 18.1 Å². The minimum absolute atomic E-state index is 0.0298. The van der Waals surface area contributed by atoms with Crippen LogP contribution in [0.1, 0.15) is 66.5 Å². The number of benzene rings is 1. The first-order chi connectivity index (χ1) is 12.5. The molecule has 0 fully saturated rings. The standard InChI is InChI=1S/C26H42OSi/c1-18-15-21(23(27-10)22(16-18)28(11,12)25(5,6)7)26(8,9)20-14-13-19(17-20)24(2,3)4/h13-17,20H,1-12H3. The Morgan fingerprint density at radius 2 is 1.50 bits per heavy atom. The van der Waals surface area contributed by atoms with Crippen LogP contribution in [-0.4, -0.2) is 15.2 Å². The van der Waals surface area contributed by atoms with E-state index in [-0.39, 0.29) is 15.9 Å². The van der Waals surface area contributed by atoms with Crippen LogP contribution in [0.3, 0.4) is 0 Å². The Morgan fingerprint density at radius 1 is 0.929 bits per heavy atom. The Hall–Kier alpha value is -1.28. The molecule has 1 aromatic rings. The van der Waals surface area contributed by atoms with Crippen molar-refractivity contribution in [1.82, 2.24) is 0 Å². The van der Waals surface area contributed by atoms with Gasteiger partial charge in [0.2, 0.25) is 0 Å². The minimum atomic E-state index is -1.73. The molecule has 0 spiro atoms. The molecule has 0 radical (unpaired) electrons. The molecule has 1 nitrogen and oxygen atoms in total. The number of hydrogen-bond acceptors (Lipinski definition) is 1. The summed E-state index contributed by atoms with van der Waals surface area (Å²) in [6.45, 7) is 26.0. The third kappa shape index (κ3) is 4.03. The number of hydrogen-bond donors (Lipinski definition) is 0. The van der Waals surface area contributed by atoms with Gasteiger partial charge in [0, 0.05) is 16.9 Å². The fraction of sp³-hybridized carbons (Fsp3) is 0.615. The summed E-state index contributed by atoms with van der Waals surface area (Å²) in [6.07, 6.45) is 7.17. The smallest absolute Gasteiger partial charge is 0.121 e. The van der Waals surface area contributed by atoms with E-state index in [4.69, 9.17) is 4.74 Å². The fourth-order valence-corrected chi connectivity index (χ4v) is 6.18. The zero-order chi connectivity index (χ0) is 21.7. The van der Waals surface area contributed by atoms with Crippen molar-refractivity contribution in [3.8, 4) is 5.75 Å². The van der Waals surface area contributed by atoms with E-state index in [1.54, 1.807) is 0 Å². The highest BCUT2D eigenvalue weighted by atomic mass is 28.3. The van der Waals surface area contributed by atoms with Gasteiger partial charge in [-0.2, -0.15) is 0 Å². The highest BCUT2D eigenvalue weighted by Gasteiger charge is 2.42. The van der Waals surface area contributed by atoms with Gasteiger partial charge in [-0.25, -0.2) is 0 Å². The molecule has 2 heteroatoms. The lowest BCUT2D eigenvalue weighted by atomic mass is 9.72. The summed E-state index contributed by atoms with van der Waals surface area (Å²) in [5.41, 5.74) is 4.27. The van der Waals surface area contributed by atoms with Gasteiger partial charge < -0.3 is 4.74 Å². The number of methoxy groups -OCH3 is 1. The lowest BCUT2D eigenvalue weighted by molar-refractivity contribution is 0.377. The maximum Gasteiger partial charge on any atom is 0.121 e. The van der Waals surface area contributed by atoms with E-state index in [9.17, 15) is 0 Å². The normalized spacial score (nSPS) is 18.4. The zero-order valence-corrected chi connectivity index (χ0v) is 21.4. The molecule has 0 saturated carbocycles. The molecule has 1 atom stereocenters. The van der Waals surface area contributed by atoms with Crippen LogP contribution in [-0.2, 0) is 5.41 Å². The Balaban J connectivity index is 2.67. The lowest BCUT2D eigenvalue weighted by Gasteiger charge is -2.40. The third-order valence-electron chi connectivity index (χ3n) is 7.22. The van der Waals surface area contributed by atoms with Crippen molar-refractivity contribution >= 4 is 13.3 Å². The first kappa shape index (κ1) is 23.0. The van der Waals surface area contributed by atoms with Crippen molar-refractivity contribution in [3.05, 3.63) is 47.1 Å². The molecule has 0 amide bonds. The maximum absolute atomic E-state index is 6.14. The molecule has 0 heterocycles. The van der Waals surface area contributed by atoms with Crippen LogP contribution in [0.5, 0.6) is 5.75 Å². The minimum Gasteiger partial charge on any atom is -0.497 e. The molecule has 0 saturated heterocycles. The summed E-state index contributed by atoms with van der Waals surface area (Å²) >= 11 is 0. The molecule has 0 N–H and O–H groups in total. The molecule has 156 valence electrons. The third-order valence-corrected chi connectivity index (χ3v) is 12.7. The molecule has 28 heavy (non-hydrogen) atoms. The molecular formula is C26H42OSi. The van der Waals surface area contributed by atoms with Gasteiger partial charge in [0.25, 0.3) is 0 Å². The molecule has 0 bridgehead atoms. The van der Waals surface area contributed by atoms with Crippen LogP contribution < -0.4 is 9.92 Å². The summed E-state index contributed by atoms with van der Waals surface area (Å²) in [5, 5.41) is 1.72. The SMILES string of the molecule is COc1c(C(C)(C)C2C=CC(C(C)(C)C)=C2)cc(C)cc1[Si](C)(C)C(C)(C)C. The van der Waals surface area contributed by atoms with E-state index in [1.165, 1.54) is 21.9 Å². The Kier molecular flexibility index (Phi) is 5.91. The quantitative estimate of drug-likeness (QED) is 0.489. The van der Waals surface area contributed by atoms with Gasteiger partial charge in [-0.3, -0.25) is 0 Å². The molecule has 1 unspecified atom stereocenters. The van der Waals surface area contributed by atoms with E-state index < -0.39 is 8.07 Å². The van der Waals surface area contributed by atoms with Gasteiger partial charge >= 0.3 is 0 Å². The van der Waals surface area contributed by atoms with Crippen LogP contribution in [0, 0.1) is 18.3 Å². The number of aryl methyl sites for hydroxylation is 1. The Morgan fingerprint density at radius 3 is 1.93 bits per heavy atom. The summed E-state index contributed by atoms with van der Waals surface area (Å²) in [5.74, 6) is 1.50. The van der Waals surface area contributed by atoms with E-state index in [1.807, 2.05) is 7.11 Å². The average Bonchev–Trinajstić information content (AvgIpc) is 3.03. The van der Waals surface area contributed by atoms with Crippen molar-refractivity contribution in [1.29, 1.82) is 0 Å². The summed E-state index contributed by atoms with van der Waals surface area (Å²) in [4.78, 5) is 0. The molecular weight excluding hydrogens is 356 g/mol. The van der Waals surface area contributed by atoms with Gasteiger partial charge in [-0.1, -0.05) is 104 Å². The second kappa shape index (κ2) is 7.20. The predicted octanol–water partition coefficient (Wildman–Crippen LogP) is 7.16. The highest BCUT2D eigenvalue weighted by Crippen LogP contribution is 2.45. The van der Waals surface area contributed by atoms with Gasteiger partial charge in [0.05, 0.1) is 15.2 Å². The van der Waals surface area contributed by atoms with Gasteiger partial charge in [-0.05, 0) is 28.1 Å². The monoisotopic (exact) mass is 398 g/mol. The van der Waals surface area contributed by atoms with Gasteiger partial charge in [0.1, 0.15) is 5.75 Å². The first-order valence-corrected chi connectivity index (χ1v) is 13.6. The fourth-order valence-electron chi connectivity index (χ4n) is 3.98. The van der Waals surface area contributed by atoms with Crippen molar-refractivity contribution in [2.24, 2.45) is 11.3 Å². The lowest BCUT2D eigenvalue weighted by Crippen LogP contribution is -2.50. The first-order valence-electron chi connectivity index (χ1n) is 10.6. The highest BCUT2D eigenvalue weighted by molar-refractivity contribution is 6.92. The van der Waals surface area contributed by atoms with Crippen LogP contribution in [0.4, 0.5) is 0 Å². The molecule has 0 aliphatic heterocycles. The molecule has 1 aliphatic rings. The van der Waals surface area contributed by atoms with Gasteiger partial charge in [0.15, 0.2) is 0 Å².